The maximum absolute atomic E-state index is 12.8. The molecular formula is C16H20N4O2. The van der Waals surface area contributed by atoms with Crippen LogP contribution in [0.2, 0.25) is 0 Å². The Morgan fingerprint density at radius 1 is 1.27 bits per heavy atom. The van der Waals surface area contributed by atoms with Gasteiger partial charge in [0.15, 0.2) is 11.6 Å². The Morgan fingerprint density at radius 3 is 2.68 bits per heavy atom. The van der Waals surface area contributed by atoms with Crippen molar-refractivity contribution in [2.24, 2.45) is 21.1 Å². The quantitative estimate of drug-likeness (QED) is 0.740. The number of allylic oxidation sites excluding steroid dienone is 1. The highest BCUT2D eigenvalue weighted by atomic mass is 16.2. The third-order valence-corrected chi connectivity index (χ3v) is 5.25. The average Bonchev–Trinajstić information content (AvgIpc) is 2.79. The third-order valence-electron chi connectivity index (χ3n) is 5.25. The standard InChI is InChI=1S/C16H20N4O2/c1-9(21)20-7-16(8-20)10-6-17-19-14(10)18-11-4-15(2,3)5-12(22)13(11)16/h18H,4-8H2,1-3H3. The van der Waals surface area contributed by atoms with E-state index in [0.717, 1.165) is 29.1 Å². The molecule has 0 unspecified atom stereocenters. The van der Waals surface area contributed by atoms with Crippen molar-refractivity contribution in [3.05, 3.63) is 22.7 Å². The molecule has 116 valence electrons. The van der Waals surface area contributed by atoms with Crippen molar-refractivity contribution in [1.82, 2.24) is 10.2 Å². The first kappa shape index (κ1) is 13.7. The van der Waals surface area contributed by atoms with E-state index in [0.29, 0.717) is 26.1 Å². The molecule has 1 saturated heterocycles. The molecule has 1 spiro atoms. The summed E-state index contributed by atoms with van der Waals surface area (Å²) in [5.41, 5.74) is 2.57. The van der Waals surface area contributed by atoms with Crippen molar-refractivity contribution in [2.45, 2.75) is 33.6 Å². The van der Waals surface area contributed by atoms with Crippen molar-refractivity contribution in [1.29, 1.82) is 0 Å². The summed E-state index contributed by atoms with van der Waals surface area (Å²) in [5.74, 6) is 1.07. The highest BCUT2D eigenvalue weighted by molar-refractivity contribution is 6.00. The second kappa shape index (κ2) is 4.06. The Bertz CT molecular complexity index is 693. The number of amides is 1. The van der Waals surface area contributed by atoms with E-state index in [1.807, 2.05) is 0 Å². The fourth-order valence-corrected chi connectivity index (χ4v) is 4.24. The Hall–Kier alpha value is -1.98. The van der Waals surface area contributed by atoms with Crippen LogP contribution in [0.25, 0.3) is 0 Å². The molecule has 22 heavy (non-hydrogen) atoms. The molecule has 0 aromatic heterocycles. The number of carbonyl (C=O) groups is 2. The molecular weight excluding hydrogens is 280 g/mol. The molecule has 6 nitrogen and oxygen atoms in total. The van der Waals surface area contributed by atoms with Gasteiger partial charge >= 0.3 is 0 Å². The number of nitrogens with zero attached hydrogens (tertiary/aromatic N) is 3. The van der Waals surface area contributed by atoms with Gasteiger partial charge in [-0.3, -0.25) is 9.59 Å². The van der Waals surface area contributed by atoms with E-state index < -0.39 is 0 Å². The molecule has 1 fully saturated rings. The fraction of sp³-hybridized carbons (Fsp3) is 0.625. The summed E-state index contributed by atoms with van der Waals surface area (Å²) < 4.78 is 0. The number of dihydropyridines is 1. The van der Waals surface area contributed by atoms with Gasteiger partial charge in [0.1, 0.15) is 0 Å². The zero-order chi connectivity index (χ0) is 15.7. The molecule has 3 aliphatic heterocycles. The van der Waals surface area contributed by atoms with Crippen LogP contribution in [-0.2, 0) is 9.59 Å². The number of rotatable bonds is 0. The SMILES string of the molecule is CC(=O)N1CC2(C1)C1=C(N=NC1)NC1=C2C(=O)CC(C)(C)C1. The summed E-state index contributed by atoms with van der Waals surface area (Å²) in [6.45, 7) is 7.50. The van der Waals surface area contributed by atoms with Crippen molar-refractivity contribution in [3.8, 4) is 0 Å². The van der Waals surface area contributed by atoms with Crippen LogP contribution in [0.1, 0.15) is 33.6 Å². The molecule has 0 aromatic rings. The lowest BCUT2D eigenvalue weighted by atomic mass is 9.60. The van der Waals surface area contributed by atoms with Crippen LogP contribution < -0.4 is 5.32 Å². The monoisotopic (exact) mass is 300 g/mol. The van der Waals surface area contributed by atoms with Gasteiger partial charge < -0.3 is 10.2 Å². The number of azo groups is 1. The van der Waals surface area contributed by atoms with Gasteiger partial charge in [-0.1, -0.05) is 13.8 Å². The minimum Gasteiger partial charge on any atom is -0.342 e. The zero-order valence-corrected chi connectivity index (χ0v) is 13.2. The van der Waals surface area contributed by atoms with Crippen LogP contribution in [0.15, 0.2) is 32.9 Å². The lowest BCUT2D eigenvalue weighted by Gasteiger charge is -2.55. The minimum absolute atomic E-state index is 0.0398. The molecule has 1 N–H and O–H groups in total. The maximum atomic E-state index is 12.8. The predicted molar refractivity (Wildman–Crippen MR) is 79.6 cm³/mol. The summed E-state index contributed by atoms with van der Waals surface area (Å²) in [4.78, 5) is 26.3. The Kier molecular flexibility index (Phi) is 2.52. The first-order valence-electron chi connectivity index (χ1n) is 7.73. The molecule has 4 aliphatic rings. The van der Waals surface area contributed by atoms with Gasteiger partial charge in [0, 0.05) is 43.3 Å². The number of hydrogen-bond acceptors (Lipinski definition) is 5. The van der Waals surface area contributed by atoms with Crippen LogP contribution in [0.4, 0.5) is 0 Å². The minimum atomic E-state index is -0.349. The van der Waals surface area contributed by atoms with Crippen LogP contribution in [0.3, 0.4) is 0 Å². The lowest BCUT2D eigenvalue weighted by Crippen LogP contribution is -2.63. The van der Waals surface area contributed by atoms with E-state index in [1.54, 1.807) is 11.8 Å². The number of likely N-dealkylation sites (tertiary alicyclic amines) is 1. The van der Waals surface area contributed by atoms with Gasteiger partial charge in [-0.05, 0) is 11.8 Å². The molecule has 0 bridgehead atoms. The van der Waals surface area contributed by atoms with E-state index in [9.17, 15) is 9.59 Å². The Balaban J connectivity index is 1.80. The summed E-state index contributed by atoms with van der Waals surface area (Å²) in [6.07, 6.45) is 1.40. The van der Waals surface area contributed by atoms with Crippen LogP contribution >= 0.6 is 0 Å². The molecule has 1 aliphatic carbocycles. The first-order valence-corrected chi connectivity index (χ1v) is 7.73. The van der Waals surface area contributed by atoms with Gasteiger partial charge in [-0.25, -0.2) is 0 Å². The van der Waals surface area contributed by atoms with E-state index in [2.05, 4.69) is 29.4 Å². The van der Waals surface area contributed by atoms with Crippen molar-refractivity contribution in [2.75, 3.05) is 19.6 Å². The second-order valence-electron chi connectivity index (χ2n) is 7.60. The molecule has 0 radical (unpaired) electrons. The fourth-order valence-electron chi connectivity index (χ4n) is 4.24. The van der Waals surface area contributed by atoms with E-state index in [-0.39, 0.29) is 22.5 Å². The third kappa shape index (κ3) is 1.66. The van der Waals surface area contributed by atoms with E-state index >= 15 is 0 Å². The number of hydrogen-bond donors (Lipinski definition) is 1. The van der Waals surface area contributed by atoms with Crippen molar-refractivity contribution < 1.29 is 9.59 Å². The van der Waals surface area contributed by atoms with Crippen LogP contribution in [-0.4, -0.2) is 36.2 Å². The highest BCUT2D eigenvalue weighted by Crippen LogP contribution is 2.54. The van der Waals surface area contributed by atoms with Gasteiger partial charge in [0.05, 0.1) is 12.0 Å². The normalized spacial score (nSPS) is 27.6. The maximum Gasteiger partial charge on any atom is 0.219 e. The molecule has 0 saturated carbocycles. The molecule has 0 atom stereocenters. The smallest absolute Gasteiger partial charge is 0.219 e. The van der Waals surface area contributed by atoms with Crippen LogP contribution in [0, 0.1) is 10.8 Å². The molecule has 6 heteroatoms. The molecule has 0 aromatic carbocycles. The first-order chi connectivity index (χ1) is 10.3. The van der Waals surface area contributed by atoms with Crippen LogP contribution in [0.5, 0.6) is 0 Å². The molecule has 4 rings (SSSR count). The Morgan fingerprint density at radius 2 is 2.00 bits per heavy atom. The Labute approximate surface area is 129 Å². The van der Waals surface area contributed by atoms with Gasteiger partial charge in [0.25, 0.3) is 0 Å². The summed E-state index contributed by atoms with van der Waals surface area (Å²) in [6, 6.07) is 0. The molecule has 3 heterocycles. The van der Waals surface area contributed by atoms with E-state index in [1.165, 1.54) is 0 Å². The number of fused-ring (bicyclic) bond motifs is 2. The topological polar surface area (TPSA) is 74.1 Å². The lowest BCUT2D eigenvalue weighted by molar-refractivity contribution is -0.139. The highest BCUT2D eigenvalue weighted by Gasteiger charge is 2.57. The van der Waals surface area contributed by atoms with Gasteiger partial charge in [0.2, 0.25) is 5.91 Å². The number of carbonyl (C=O) groups excluding carboxylic acids is 2. The average molecular weight is 300 g/mol. The number of nitrogens with one attached hydrogen (secondary N) is 1. The van der Waals surface area contributed by atoms with Crippen molar-refractivity contribution in [3.63, 3.8) is 0 Å². The second-order valence-corrected chi connectivity index (χ2v) is 7.60. The summed E-state index contributed by atoms with van der Waals surface area (Å²) in [5, 5.41) is 11.7. The zero-order valence-electron chi connectivity index (χ0n) is 13.2. The van der Waals surface area contributed by atoms with Gasteiger partial charge in [-0.2, -0.15) is 5.11 Å². The number of ketones is 1. The van der Waals surface area contributed by atoms with Gasteiger partial charge in [-0.15, -0.1) is 5.11 Å². The predicted octanol–water partition coefficient (Wildman–Crippen LogP) is 1.76. The summed E-state index contributed by atoms with van der Waals surface area (Å²) in [7, 11) is 0. The largest absolute Gasteiger partial charge is 0.342 e. The number of Topliss-reactive ketones (excluding diaryl/α,β-unsaturated/α-hetero) is 1. The molecule has 1 amide bonds. The van der Waals surface area contributed by atoms with Crippen molar-refractivity contribution >= 4 is 11.7 Å². The van der Waals surface area contributed by atoms with E-state index in [4.69, 9.17) is 0 Å². The summed E-state index contributed by atoms with van der Waals surface area (Å²) >= 11 is 0.